The standard InChI is InChI=1S/C11H11F3O2/c1-3-9(15)7-5-4-6-8(10(7)16-2)11(12,13)14/h4-6H,3H2,1-2H3. The van der Waals surface area contributed by atoms with Crippen LogP contribution in [0.4, 0.5) is 13.2 Å². The summed E-state index contributed by atoms with van der Waals surface area (Å²) >= 11 is 0. The minimum absolute atomic E-state index is 0.0279. The highest BCUT2D eigenvalue weighted by atomic mass is 19.4. The zero-order valence-corrected chi connectivity index (χ0v) is 8.89. The van der Waals surface area contributed by atoms with Gasteiger partial charge in [-0.05, 0) is 12.1 Å². The first-order valence-corrected chi connectivity index (χ1v) is 4.69. The van der Waals surface area contributed by atoms with Gasteiger partial charge in [0.2, 0.25) is 0 Å². The van der Waals surface area contributed by atoms with Crippen molar-refractivity contribution in [3.8, 4) is 5.75 Å². The number of rotatable bonds is 3. The Balaban J connectivity index is 3.38. The topological polar surface area (TPSA) is 26.3 Å². The molecule has 0 aliphatic rings. The molecule has 0 N–H and O–H groups in total. The van der Waals surface area contributed by atoms with Crippen molar-refractivity contribution in [3.05, 3.63) is 29.3 Å². The van der Waals surface area contributed by atoms with Crippen LogP contribution in [0.3, 0.4) is 0 Å². The zero-order valence-electron chi connectivity index (χ0n) is 8.89. The van der Waals surface area contributed by atoms with Crippen molar-refractivity contribution in [3.63, 3.8) is 0 Å². The summed E-state index contributed by atoms with van der Waals surface area (Å²) in [6.45, 7) is 1.59. The fourth-order valence-corrected chi connectivity index (χ4v) is 1.39. The van der Waals surface area contributed by atoms with Gasteiger partial charge in [-0.25, -0.2) is 0 Å². The molecule has 0 radical (unpaired) electrons. The van der Waals surface area contributed by atoms with E-state index < -0.39 is 17.5 Å². The van der Waals surface area contributed by atoms with E-state index in [9.17, 15) is 18.0 Å². The quantitative estimate of drug-likeness (QED) is 0.747. The molecule has 0 aromatic heterocycles. The Morgan fingerprint density at radius 3 is 2.44 bits per heavy atom. The Morgan fingerprint density at radius 1 is 1.38 bits per heavy atom. The summed E-state index contributed by atoms with van der Waals surface area (Å²) in [5, 5.41) is 0. The molecule has 2 nitrogen and oxygen atoms in total. The molecule has 0 spiro atoms. The van der Waals surface area contributed by atoms with Gasteiger partial charge in [-0.15, -0.1) is 0 Å². The molecule has 1 aromatic rings. The third-order valence-corrected chi connectivity index (χ3v) is 2.15. The van der Waals surface area contributed by atoms with Gasteiger partial charge in [-0.3, -0.25) is 4.79 Å². The van der Waals surface area contributed by atoms with Crippen molar-refractivity contribution < 1.29 is 22.7 Å². The zero-order chi connectivity index (χ0) is 12.3. The van der Waals surface area contributed by atoms with Crippen LogP contribution in [0.15, 0.2) is 18.2 Å². The molecule has 0 heterocycles. The maximum Gasteiger partial charge on any atom is 0.419 e. The number of carbonyl (C=O) groups is 1. The predicted molar refractivity (Wildman–Crippen MR) is 52.6 cm³/mol. The van der Waals surface area contributed by atoms with Crippen molar-refractivity contribution >= 4 is 5.78 Å². The Hall–Kier alpha value is -1.52. The number of hydrogen-bond acceptors (Lipinski definition) is 2. The molecule has 0 aliphatic heterocycles. The summed E-state index contributed by atoms with van der Waals surface area (Å²) in [4.78, 5) is 11.4. The average Bonchev–Trinajstić information content (AvgIpc) is 2.25. The fraction of sp³-hybridized carbons (Fsp3) is 0.364. The maximum atomic E-state index is 12.6. The number of ketones is 1. The summed E-state index contributed by atoms with van der Waals surface area (Å²) in [7, 11) is 1.12. The number of carbonyl (C=O) groups excluding carboxylic acids is 1. The van der Waals surface area contributed by atoms with Crippen LogP contribution in [0.5, 0.6) is 5.75 Å². The van der Waals surface area contributed by atoms with Crippen LogP contribution in [0.25, 0.3) is 0 Å². The molecule has 1 aromatic carbocycles. The van der Waals surface area contributed by atoms with Gasteiger partial charge >= 0.3 is 6.18 Å². The van der Waals surface area contributed by atoms with E-state index >= 15 is 0 Å². The van der Waals surface area contributed by atoms with E-state index in [2.05, 4.69) is 4.74 Å². The van der Waals surface area contributed by atoms with E-state index in [0.717, 1.165) is 13.2 Å². The van der Waals surface area contributed by atoms with Crippen molar-refractivity contribution in [2.45, 2.75) is 19.5 Å². The SMILES string of the molecule is CCC(=O)c1cccc(C(F)(F)F)c1OC. The summed E-state index contributed by atoms with van der Waals surface area (Å²) in [6.07, 6.45) is -4.38. The maximum absolute atomic E-state index is 12.6. The van der Waals surface area contributed by atoms with E-state index in [1.807, 2.05) is 0 Å². The lowest BCUT2D eigenvalue weighted by Crippen LogP contribution is -2.11. The molecular weight excluding hydrogens is 221 g/mol. The van der Waals surface area contributed by atoms with E-state index in [1.165, 1.54) is 12.1 Å². The van der Waals surface area contributed by atoms with Gasteiger partial charge in [0.05, 0.1) is 18.2 Å². The van der Waals surface area contributed by atoms with E-state index in [1.54, 1.807) is 6.92 Å². The molecule has 16 heavy (non-hydrogen) atoms. The monoisotopic (exact) mass is 232 g/mol. The third kappa shape index (κ3) is 2.35. The van der Waals surface area contributed by atoms with Crippen molar-refractivity contribution in [2.24, 2.45) is 0 Å². The molecular formula is C11H11F3O2. The highest BCUT2D eigenvalue weighted by molar-refractivity contribution is 5.98. The van der Waals surface area contributed by atoms with E-state index in [-0.39, 0.29) is 17.8 Å². The van der Waals surface area contributed by atoms with Gasteiger partial charge in [0.1, 0.15) is 5.75 Å². The van der Waals surface area contributed by atoms with Crippen LogP contribution in [0, 0.1) is 0 Å². The minimum atomic E-state index is -4.52. The molecule has 0 saturated heterocycles. The molecule has 0 amide bonds. The summed E-state index contributed by atoms with van der Waals surface area (Å²) in [5.41, 5.74) is -0.950. The lowest BCUT2D eigenvalue weighted by molar-refractivity contribution is -0.138. The molecule has 5 heteroatoms. The molecule has 0 fully saturated rings. The number of alkyl halides is 3. The van der Waals surface area contributed by atoms with Crippen molar-refractivity contribution in [1.29, 1.82) is 0 Å². The lowest BCUT2D eigenvalue weighted by atomic mass is 10.0. The minimum Gasteiger partial charge on any atom is -0.495 e. The van der Waals surface area contributed by atoms with Gasteiger partial charge in [-0.2, -0.15) is 13.2 Å². The second-order valence-corrected chi connectivity index (χ2v) is 3.16. The van der Waals surface area contributed by atoms with E-state index in [0.29, 0.717) is 0 Å². The average molecular weight is 232 g/mol. The third-order valence-electron chi connectivity index (χ3n) is 2.15. The number of ether oxygens (including phenoxy) is 1. The number of hydrogen-bond donors (Lipinski definition) is 0. The molecule has 1 rings (SSSR count). The number of halogens is 3. The number of methoxy groups -OCH3 is 1. The molecule has 0 atom stereocenters. The van der Waals surface area contributed by atoms with Crippen molar-refractivity contribution in [1.82, 2.24) is 0 Å². The smallest absolute Gasteiger partial charge is 0.419 e. The molecule has 88 valence electrons. The van der Waals surface area contributed by atoms with Gasteiger partial charge in [-0.1, -0.05) is 13.0 Å². The summed E-state index contributed by atoms with van der Waals surface area (Å²) < 4.78 is 42.5. The van der Waals surface area contributed by atoms with Crippen LogP contribution >= 0.6 is 0 Å². The van der Waals surface area contributed by atoms with Gasteiger partial charge in [0.25, 0.3) is 0 Å². The van der Waals surface area contributed by atoms with Gasteiger partial charge < -0.3 is 4.74 Å². The fourth-order valence-electron chi connectivity index (χ4n) is 1.39. The van der Waals surface area contributed by atoms with Crippen LogP contribution in [0.2, 0.25) is 0 Å². The first-order valence-electron chi connectivity index (χ1n) is 4.69. The second kappa shape index (κ2) is 4.55. The summed E-state index contributed by atoms with van der Waals surface area (Å²) in [6, 6.07) is 3.43. The molecule has 0 bridgehead atoms. The second-order valence-electron chi connectivity index (χ2n) is 3.16. The first-order chi connectivity index (χ1) is 7.41. The summed E-state index contributed by atoms with van der Waals surface area (Å²) in [5.74, 6) is -0.773. The Kier molecular flexibility index (Phi) is 3.57. The van der Waals surface area contributed by atoms with Crippen LogP contribution < -0.4 is 4.74 Å². The molecule has 0 unspecified atom stereocenters. The first kappa shape index (κ1) is 12.5. The largest absolute Gasteiger partial charge is 0.495 e. The number of benzene rings is 1. The highest BCUT2D eigenvalue weighted by Crippen LogP contribution is 2.38. The van der Waals surface area contributed by atoms with Crippen LogP contribution in [0.1, 0.15) is 29.3 Å². The van der Waals surface area contributed by atoms with Crippen LogP contribution in [-0.4, -0.2) is 12.9 Å². The Bertz CT molecular complexity index is 397. The highest BCUT2D eigenvalue weighted by Gasteiger charge is 2.35. The number of Topliss-reactive ketones (excluding diaryl/α,β-unsaturated/α-hetero) is 1. The molecule has 0 aliphatic carbocycles. The molecule has 0 saturated carbocycles. The van der Waals surface area contributed by atoms with Gasteiger partial charge in [0, 0.05) is 6.42 Å². The van der Waals surface area contributed by atoms with Gasteiger partial charge in [0.15, 0.2) is 5.78 Å². The number of para-hydroxylation sites is 1. The van der Waals surface area contributed by atoms with E-state index in [4.69, 9.17) is 0 Å². The lowest BCUT2D eigenvalue weighted by Gasteiger charge is -2.14. The predicted octanol–water partition coefficient (Wildman–Crippen LogP) is 3.31. The Labute approximate surface area is 91.0 Å². The van der Waals surface area contributed by atoms with Crippen molar-refractivity contribution in [2.75, 3.05) is 7.11 Å². The van der Waals surface area contributed by atoms with Crippen LogP contribution in [-0.2, 0) is 6.18 Å². The normalized spacial score (nSPS) is 11.3. The Morgan fingerprint density at radius 2 is 2.00 bits per heavy atom.